The van der Waals surface area contributed by atoms with Crippen molar-refractivity contribution in [2.45, 2.75) is 12.6 Å². The lowest BCUT2D eigenvalue weighted by Gasteiger charge is -2.26. The molecule has 0 aliphatic carbocycles. The van der Waals surface area contributed by atoms with Crippen molar-refractivity contribution >= 4 is 5.91 Å². The molecule has 0 bridgehead atoms. The normalized spacial score (nSPS) is 16.6. The van der Waals surface area contributed by atoms with E-state index in [1.807, 2.05) is 0 Å². The van der Waals surface area contributed by atoms with Crippen LogP contribution in [0.2, 0.25) is 0 Å². The molecule has 1 fully saturated rings. The van der Waals surface area contributed by atoms with Crippen LogP contribution in [-0.4, -0.2) is 39.9 Å². The van der Waals surface area contributed by atoms with E-state index in [1.165, 1.54) is 17.3 Å². The predicted octanol–water partition coefficient (Wildman–Crippen LogP) is -1.21. The van der Waals surface area contributed by atoms with E-state index >= 15 is 0 Å². The minimum absolute atomic E-state index is 0.0567. The van der Waals surface area contributed by atoms with Gasteiger partial charge in [0, 0.05) is 0 Å². The van der Waals surface area contributed by atoms with Gasteiger partial charge in [-0.1, -0.05) is 0 Å². The molecule has 0 aromatic carbocycles. The fourth-order valence-corrected chi connectivity index (χ4v) is 1.05. The second-order valence-electron chi connectivity index (χ2n) is 2.89. The predicted molar refractivity (Wildman–Crippen MR) is 42.8 cm³/mol. The molecule has 0 unspecified atom stereocenters. The number of amides is 1. The number of carbonyl (C=O) groups is 1. The monoisotopic (exact) mass is 182 g/mol. The van der Waals surface area contributed by atoms with Crippen LogP contribution in [0.3, 0.4) is 0 Å². The van der Waals surface area contributed by atoms with Gasteiger partial charge in [0.05, 0.1) is 19.3 Å². The van der Waals surface area contributed by atoms with Crippen LogP contribution in [0.5, 0.6) is 0 Å². The summed E-state index contributed by atoms with van der Waals surface area (Å²) in [6, 6.07) is 0.177. The summed E-state index contributed by atoms with van der Waals surface area (Å²) >= 11 is 0. The highest BCUT2D eigenvalue weighted by Crippen LogP contribution is 1.98. The maximum absolute atomic E-state index is 11.3. The molecular weight excluding hydrogens is 172 g/mol. The number of ether oxygens (including phenoxy) is 1. The summed E-state index contributed by atoms with van der Waals surface area (Å²) in [4.78, 5) is 15.0. The Hall–Kier alpha value is -1.43. The topological polar surface area (TPSA) is 69.0 Å². The average Bonchev–Trinajstić information content (AvgIpc) is 2.49. The lowest BCUT2D eigenvalue weighted by molar-refractivity contribution is -0.126. The average molecular weight is 182 g/mol. The highest BCUT2D eigenvalue weighted by atomic mass is 16.5. The lowest BCUT2D eigenvalue weighted by Crippen LogP contribution is -2.49. The molecule has 1 amide bonds. The van der Waals surface area contributed by atoms with Crippen LogP contribution in [0.4, 0.5) is 0 Å². The number of nitrogens with one attached hydrogen (secondary N) is 1. The number of aromatic nitrogens is 3. The van der Waals surface area contributed by atoms with Crippen molar-refractivity contribution in [1.29, 1.82) is 0 Å². The zero-order valence-electron chi connectivity index (χ0n) is 7.01. The Balaban J connectivity index is 1.78. The molecule has 0 spiro atoms. The van der Waals surface area contributed by atoms with Crippen molar-refractivity contribution < 1.29 is 9.53 Å². The molecule has 0 saturated carbocycles. The lowest BCUT2D eigenvalue weighted by atomic mass is 10.2. The SMILES string of the molecule is O=C(Cn1cncn1)NC1COC1. The first-order chi connectivity index (χ1) is 6.34. The molecule has 2 heterocycles. The van der Waals surface area contributed by atoms with Gasteiger partial charge in [-0.3, -0.25) is 4.79 Å². The molecule has 0 atom stereocenters. The Morgan fingerprint density at radius 3 is 3.08 bits per heavy atom. The largest absolute Gasteiger partial charge is 0.377 e. The Bertz CT molecular complexity index is 281. The summed E-state index contributed by atoms with van der Waals surface area (Å²) in [6.45, 7) is 1.45. The first-order valence-corrected chi connectivity index (χ1v) is 4.04. The van der Waals surface area contributed by atoms with Crippen LogP contribution < -0.4 is 5.32 Å². The van der Waals surface area contributed by atoms with Crippen LogP contribution >= 0.6 is 0 Å². The zero-order chi connectivity index (χ0) is 9.10. The Labute approximate surface area is 74.9 Å². The summed E-state index contributed by atoms with van der Waals surface area (Å²) in [5.41, 5.74) is 0. The molecule has 70 valence electrons. The van der Waals surface area contributed by atoms with Crippen LogP contribution in [-0.2, 0) is 16.1 Å². The summed E-state index contributed by atoms with van der Waals surface area (Å²) < 4.78 is 6.40. The van der Waals surface area contributed by atoms with Gasteiger partial charge in [-0.05, 0) is 0 Å². The van der Waals surface area contributed by atoms with Crippen molar-refractivity contribution in [3.63, 3.8) is 0 Å². The number of hydrogen-bond acceptors (Lipinski definition) is 4. The Morgan fingerprint density at radius 1 is 1.69 bits per heavy atom. The van der Waals surface area contributed by atoms with Crippen molar-refractivity contribution in [2.24, 2.45) is 0 Å². The quantitative estimate of drug-likeness (QED) is 0.637. The zero-order valence-corrected chi connectivity index (χ0v) is 7.01. The Kier molecular flexibility index (Phi) is 2.22. The van der Waals surface area contributed by atoms with Gasteiger partial charge in [0.25, 0.3) is 0 Å². The smallest absolute Gasteiger partial charge is 0.242 e. The van der Waals surface area contributed by atoms with E-state index in [0.717, 1.165) is 0 Å². The summed E-state index contributed by atoms with van der Waals surface area (Å²) in [6.07, 6.45) is 2.91. The van der Waals surface area contributed by atoms with Gasteiger partial charge in [-0.2, -0.15) is 5.10 Å². The first-order valence-electron chi connectivity index (χ1n) is 4.04. The molecule has 1 saturated heterocycles. The molecule has 1 aromatic rings. The van der Waals surface area contributed by atoms with Crippen LogP contribution in [0.25, 0.3) is 0 Å². The molecule has 1 aliphatic heterocycles. The number of rotatable bonds is 3. The van der Waals surface area contributed by atoms with E-state index in [0.29, 0.717) is 13.2 Å². The molecule has 1 aromatic heterocycles. The van der Waals surface area contributed by atoms with E-state index in [4.69, 9.17) is 4.74 Å². The van der Waals surface area contributed by atoms with Crippen molar-refractivity contribution in [3.8, 4) is 0 Å². The van der Waals surface area contributed by atoms with Gasteiger partial charge in [-0.25, -0.2) is 9.67 Å². The molecular formula is C7H10N4O2. The molecule has 2 rings (SSSR count). The first kappa shape index (κ1) is 8.18. The number of nitrogens with zero attached hydrogens (tertiary/aromatic N) is 3. The van der Waals surface area contributed by atoms with E-state index in [9.17, 15) is 4.79 Å². The molecule has 0 radical (unpaired) electrons. The minimum Gasteiger partial charge on any atom is -0.377 e. The number of carbonyl (C=O) groups excluding carboxylic acids is 1. The highest BCUT2D eigenvalue weighted by Gasteiger charge is 2.20. The van der Waals surface area contributed by atoms with Gasteiger partial charge >= 0.3 is 0 Å². The van der Waals surface area contributed by atoms with Crippen LogP contribution in [0.1, 0.15) is 0 Å². The summed E-state index contributed by atoms with van der Waals surface area (Å²) in [5, 5.41) is 6.62. The maximum atomic E-state index is 11.3. The van der Waals surface area contributed by atoms with Gasteiger partial charge in [0.1, 0.15) is 19.2 Å². The third-order valence-corrected chi connectivity index (χ3v) is 1.78. The van der Waals surface area contributed by atoms with Crippen LogP contribution in [0.15, 0.2) is 12.7 Å². The molecule has 13 heavy (non-hydrogen) atoms. The summed E-state index contributed by atoms with van der Waals surface area (Å²) in [7, 11) is 0. The van der Waals surface area contributed by atoms with Gasteiger partial charge < -0.3 is 10.1 Å². The Morgan fingerprint density at radius 2 is 2.54 bits per heavy atom. The second kappa shape index (κ2) is 3.53. The maximum Gasteiger partial charge on any atom is 0.242 e. The second-order valence-corrected chi connectivity index (χ2v) is 2.89. The molecule has 1 aliphatic rings. The van der Waals surface area contributed by atoms with E-state index in [2.05, 4.69) is 15.4 Å². The van der Waals surface area contributed by atoms with Gasteiger partial charge in [-0.15, -0.1) is 0 Å². The summed E-state index contributed by atoms with van der Waals surface area (Å²) in [5.74, 6) is -0.0567. The third-order valence-electron chi connectivity index (χ3n) is 1.78. The van der Waals surface area contributed by atoms with Crippen LogP contribution in [0, 0.1) is 0 Å². The van der Waals surface area contributed by atoms with Gasteiger partial charge in [0.15, 0.2) is 0 Å². The highest BCUT2D eigenvalue weighted by molar-refractivity contribution is 5.76. The molecule has 6 nitrogen and oxygen atoms in total. The standard InChI is InChI=1S/C7H10N4O2/c12-7(10-6-2-13-3-6)1-11-5-8-4-9-11/h4-6H,1-3H2,(H,10,12). The van der Waals surface area contributed by atoms with Crippen molar-refractivity contribution in [1.82, 2.24) is 20.1 Å². The van der Waals surface area contributed by atoms with Gasteiger partial charge in [0.2, 0.25) is 5.91 Å². The third kappa shape index (κ3) is 2.03. The molecule has 1 N–H and O–H groups in total. The van der Waals surface area contributed by atoms with E-state index in [-0.39, 0.29) is 18.5 Å². The minimum atomic E-state index is -0.0567. The van der Waals surface area contributed by atoms with Crippen molar-refractivity contribution in [2.75, 3.05) is 13.2 Å². The van der Waals surface area contributed by atoms with E-state index in [1.54, 1.807) is 0 Å². The molecule has 6 heteroatoms. The van der Waals surface area contributed by atoms with E-state index < -0.39 is 0 Å². The fraction of sp³-hybridized carbons (Fsp3) is 0.571. The number of hydrogen-bond donors (Lipinski definition) is 1. The van der Waals surface area contributed by atoms with Crippen molar-refractivity contribution in [3.05, 3.63) is 12.7 Å². The fourth-order valence-electron chi connectivity index (χ4n) is 1.05.